The van der Waals surface area contributed by atoms with E-state index < -0.39 is 6.10 Å². The molecule has 0 unspecified atom stereocenters. The number of aliphatic hydroxyl groups excluding tert-OH is 1. The number of rotatable bonds is 8. The Morgan fingerprint density at radius 1 is 1.34 bits per heavy atom. The third kappa shape index (κ3) is 5.63. The molecule has 6 atom stereocenters. The number of carbonyl (C=O) groups is 1. The smallest absolute Gasteiger partial charge is 0.225 e. The summed E-state index contributed by atoms with van der Waals surface area (Å²) in [5.41, 5.74) is 1.24. The Hall–Kier alpha value is -1.41. The van der Waals surface area contributed by atoms with Crippen molar-refractivity contribution < 1.29 is 14.8 Å². The molecule has 5 nitrogen and oxygen atoms in total. The minimum atomic E-state index is -0.479. The molecule has 35 heavy (non-hydrogen) atoms. The molecule has 1 aromatic carbocycles. The topological polar surface area (TPSA) is 57.9 Å². The lowest BCUT2D eigenvalue weighted by Gasteiger charge is -2.53. The summed E-state index contributed by atoms with van der Waals surface area (Å²) in [6.07, 6.45) is 2.47. The number of carbonyl (C=O) groups excluding carboxylic acids is 1. The van der Waals surface area contributed by atoms with Crippen LogP contribution in [0.25, 0.3) is 0 Å². The molecule has 192 valence electrons. The number of thiazole rings is 1. The summed E-state index contributed by atoms with van der Waals surface area (Å²) in [5, 5.41) is 12.9. The van der Waals surface area contributed by atoms with Crippen molar-refractivity contribution in [1.29, 1.82) is 0 Å². The number of hydrogen-bond acceptors (Lipinski definition) is 5. The van der Waals surface area contributed by atoms with Crippen molar-refractivity contribution in [2.75, 3.05) is 34.2 Å². The van der Waals surface area contributed by atoms with Gasteiger partial charge in [-0.15, -0.1) is 23.1 Å². The molecule has 2 aliphatic carbocycles. The van der Waals surface area contributed by atoms with Crippen LogP contribution < -0.4 is 4.90 Å². The van der Waals surface area contributed by atoms with E-state index in [1.165, 1.54) is 25.4 Å². The Bertz CT molecular complexity index is 1010. The summed E-state index contributed by atoms with van der Waals surface area (Å²) in [7, 11) is 6.12. The van der Waals surface area contributed by atoms with E-state index in [1.807, 2.05) is 48.0 Å². The Morgan fingerprint density at radius 3 is 2.74 bits per heavy atom. The summed E-state index contributed by atoms with van der Waals surface area (Å²) in [5.74, 6) is 1.22. The van der Waals surface area contributed by atoms with Gasteiger partial charge in [0.2, 0.25) is 5.91 Å². The van der Waals surface area contributed by atoms with Crippen molar-refractivity contribution >= 4 is 29.0 Å². The fourth-order valence-corrected chi connectivity index (χ4v) is 8.64. The zero-order chi connectivity index (χ0) is 25.3. The lowest BCUT2D eigenvalue weighted by molar-refractivity contribution is -0.857. The first-order valence-corrected chi connectivity index (χ1v) is 14.8. The minimum Gasteiger partial charge on any atom is -0.392 e. The van der Waals surface area contributed by atoms with Crippen molar-refractivity contribution in [3.8, 4) is 0 Å². The number of quaternary nitrogens is 1. The van der Waals surface area contributed by atoms with Gasteiger partial charge in [-0.2, -0.15) is 0 Å². The van der Waals surface area contributed by atoms with Crippen LogP contribution in [0.5, 0.6) is 0 Å². The molecule has 1 amide bonds. The van der Waals surface area contributed by atoms with Gasteiger partial charge in [0.1, 0.15) is 5.01 Å². The second-order valence-corrected chi connectivity index (χ2v) is 13.6. The van der Waals surface area contributed by atoms with Crippen LogP contribution in [0, 0.1) is 23.2 Å². The number of hydrogen-bond donors (Lipinski definition) is 2. The number of likely N-dealkylation sites (N-methyl/N-ethyl adjacent to an activating group) is 2. The molecule has 0 aliphatic heterocycles. The Kier molecular flexibility index (Phi) is 8.31. The van der Waals surface area contributed by atoms with Gasteiger partial charge in [-0.1, -0.05) is 39.0 Å². The van der Waals surface area contributed by atoms with E-state index >= 15 is 0 Å². The van der Waals surface area contributed by atoms with Crippen LogP contribution in [-0.2, 0) is 17.0 Å². The normalized spacial score (nSPS) is 28.9. The van der Waals surface area contributed by atoms with Gasteiger partial charge in [0.15, 0.2) is 0 Å². The van der Waals surface area contributed by atoms with E-state index in [2.05, 4.69) is 52.2 Å². The van der Waals surface area contributed by atoms with E-state index in [0.29, 0.717) is 0 Å². The van der Waals surface area contributed by atoms with Gasteiger partial charge in [0.05, 0.1) is 44.7 Å². The number of thioether (sulfide) groups is 1. The van der Waals surface area contributed by atoms with Crippen LogP contribution in [0.15, 0.2) is 35.2 Å². The molecule has 0 saturated heterocycles. The van der Waals surface area contributed by atoms with Crippen molar-refractivity contribution in [2.24, 2.45) is 23.2 Å². The molecule has 0 bridgehead atoms. The zero-order valence-electron chi connectivity index (χ0n) is 22.1. The number of amides is 1. The van der Waals surface area contributed by atoms with Crippen LogP contribution in [0.3, 0.4) is 0 Å². The quantitative estimate of drug-likeness (QED) is 0.525. The lowest BCUT2D eigenvalue weighted by Crippen LogP contribution is -3.06. The Morgan fingerprint density at radius 2 is 2.06 bits per heavy atom. The number of nitrogens with one attached hydrogen (secondary N) is 1. The maximum absolute atomic E-state index is 13.2. The molecule has 1 heterocycles. The molecule has 2 N–H and O–H groups in total. The predicted octanol–water partition coefficient (Wildman–Crippen LogP) is 3.73. The number of fused-ring (bicyclic) bond motifs is 2. The van der Waals surface area contributed by atoms with E-state index in [9.17, 15) is 9.90 Å². The molecule has 2 aromatic rings. The van der Waals surface area contributed by atoms with Gasteiger partial charge in [-0.25, -0.2) is 4.98 Å². The fourth-order valence-electron chi connectivity index (χ4n) is 6.35. The highest BCUT2D eigenvalue weighted by atomic mass is 32.2. The molecule has 7 heteroatoms. The average Bonchev–Trinajstić information content (AvgIpc) is 3.23. The van der Waals surface area contributed by atoms with Crippen molar-refractivity contribution in [2.45, 2.75) is 62.7 Å². The molecule has 4 rings (SSSR count). The second kappa shape index (κ2) is 10.9. The van der Waals surface area contributed by atoms with Crippen LogP contribution in [0.4, 0.5) is 0 Å². The Balaban J connectivity index is 1.48. The first-order valence-electron chi connectivity index (χ1n) is 13.0. The average molecular weight is 517 g/mol. The number of benzene rings is 1. The fraction of sp³-hybridized carbons (Fsp3) is 0.643. The monoisotopic (exact) mass is 516 g/mol. The predicted molar refractivity (Wildman–Crippen MR) is 145 cm³/mol. The van der Waals surface area contributed by atoms with Crippen LogP contribution in [0.2, 0.25) is 0 Å². The van der Waals surface area contributed by atoms with Crippen molar-refractivity contribution in [3.05, 3.63) is 45.9 Å². The summed E-state index contributed by atoms with van der Waals surface area (Å²) < 4.78 is 0. The molecule has 1 fully saturated rings. The standard InChI is InChI=1S/C28H41N3O2S2/c1-18(27(33)31(6)15-14-30(4)5)21-12-13-28(3)16-22-25(19(2)24(28)26(21)32)29-23(35-22)17-34-20-10-8-7-9-11-20/h7-11,18-19,21,24,26,32H,12-17H2,1-6H3/p+1/t18-,19-,21+,24+,26-,28-/m0/s1. The number of aliphatic hydroxyl groups is 1. The molecular weight excluding hydrogens is 474 g/mol. The van der Waals surface area contributed by atoms with Crippen LogP contribution in [0.1, 0.15) is 55.1 Å². The summed E-state index contributed by atoms with van der Waals surface area (Å²) in [4.78, 5) is 24.2. The van der Waals surface area contributed by atoms with Crippen molar-refractivity contribution in [1.82, 2.24) is 9.88 Å². The van der Waals surface area contributed by atoms with Gasteiger partial charge in [-0.3, -0.25) is 4.79 Å². The molecule has 0 spiro atoms. The highest BCUT2D eigenvalue weighted by Gasteiger charge is 2.54. The third-order valence-electron chi connectivity index (χ3n) is 8.43. The van der Waals surface area contributed by atoms with Gasteiger partial charge in [0, 0.05) is 28.7 Å². The first kappa shape index (κ1) is 26.6. The van der Waals surface area contributed by atoms with E-state index in [1.54, 1.807) is 0 Å². The summed E-state index contributed by atoms with van der Waals surface area (Å²) >= 11 is 3.70. The van der Waals surface area contributed by atoms with Gasteiger partial charge < -0.3 is 14.9 Å². The van der Waals surface area contributed by atoms with Crippen LogP contribution >= 0.6 is 23.1 Å². The van der Waals surface area contributed by atoms with Gasteiger partial charge in [0.25, 0.3) is 0 Å². The van der Waals surface area contributed by atoms with E-state index in [4.69, 9.17) is 4.98 Å². The maximum Gasteiger partial charge on any atom is 0.225 e. The first-order chi connectivity index (χ1) is 16.6. The molecule has 1 aromatic heterocycles. The van der Waals surface area contributed by atoms with Gasteiger partial charge >= 0.3 is 0 Å². The number of nitrogens with zero attached hydrogens (tertiary/aromatic N) is 2. The summed E-state index contributed by atoms with van der Waals surface area (Å²) in [6.45, 7) is 8.31. The highest BCUT2D eigenvalue weighted by molar-refractivity contribution is 7.98. The molecular formula is C28H42N3O2S2+. The third-order valence-corrected chi connectivity index (χ3v) is 10.7. The molecule has 2 aliphatic rings. The SMILES string of the molecule is C[C@H](C(=O)N(C)CC[NH+](C)C)[C@H]1CC[C@@]2(C)Cc3sc(CSc4ccccc4)nc3[C@@H](C)[C@@H]2[C@H]1O. The zero-order valence-corrected chi connectivity index (χ0v) is 23.7. The minimum absolute atomic E-state index is 0.00507. The second-order valence-electron chi connectivity index (χ2n) is 11.4. The maximum atomic E-state index is 13.2. The highest BCUT2D eigenvalue weighted by Crippen LogP contribution is 2.57. The van der Waals surface area contributed by atoms with E-state index in [0.717, 1.165) is 38.1 Å². The van der Waals surface area contributed by atoms with Crippen molar-refractivity contribution in [3.63, 3.8) is 0 Å². The van der Waals surface area contributed by atoms with Crippen LogP contribution in [-0.4, -0.2) is 61.2 Å². The molecule has 0 radical (unpaired) electrons. The summed E-state index contributed by atoms with van der Waals surface area (Å²) in [6, 6.07) is 10.5. The largest absolute Gasteiger partial charge is 0.392 e. The van der Waals surface area contributed by atoms with Gasteiger partial charge in [-0.05, 0) is 48.6 Å². The lowest BCUT2D eigenvalue weighted by atomic mass is 9.53. The number of aromatic nitrogens is 1. The van der Waals surface area contributed by atoms with E-state index in [-0.39, 0.29) is 35.0 Å². The molecule has 1 saturated carbocycles. The Labute approximate surface area is 219 Å².